The van der Waals surface area contributed by atoms with Crippen LogP contribution in [0.3, 0.4) is 0 Å². The summed E-state index contributed by atoms with van der Waals surface area (Å²) in [5.74, 6) is 1.43. The summed E-state index contributed by atoms with van der Waals surface area (Å²) in [5.41, 5.74) is 2.96. The van der Waals surface area contributed by atoms with Crippen molar-refractivity contribution in [3.8, 4) is 11.5 Å². The molecule has 2 aromatic carbocycles. The lowest BCUT2D eigenvalue weighted by atomic mass is 9.68. The maximum absolute atomic E-state index is 12.6. The topological polar surface area (TPSA) is 74.6 Å². The minimum absolute atomic E-state index is 0.0419. The zero-order valence-corrected chi connectivity index (χ0v) is 22.3. The average Bonchev–Trinajstić information content (AvgIpc) is 3.12. The highest BCUT2D eigenvalue weighted by atomic mass is 19.4. The Bertz CT molecular complexity index is 1290. The predicted molar refractivity (Wildman–Crippen MR) is 139 cm³/mol. The second kappa shape index (κ2) is 10.7. The van der Waals surface area contributed by atoms with Crippen molar-refractivity contribution in [2.75, 3.05) is 19.5 Å². The number of nitrogens with one attached hydrogen (secondary N) is 1. The van der Waals surface area contributed by atoms with Crippen LogP contribution in [-0.2, 0) is 22.5 Å². The largest absolute Gasteiger partial charge is 0.573 e. The number of carbonyl (C=O) groups excluding carboxylic acids is 1. The number of methoxy groups -OCH3 is 2. The van der Waals surface area contributed by atoms with E-state index in [2.05, 4.69) is 35.4 Å². The number of esters is 1. The summed E-state index contributed by atoms with van der Waals surface area (Å²) in [5, 5.41) is 3.27. The van der Waals surface area contributed by atoms with E-state index >= 15 is 0 Å². The molecule has 0 amide bonds. The van der Waals surface area contributed by atoms with Crippen LogP contribution in [0.5, 0.6) is 11.5 Å². The van der Waals surface area contributed by atoms with Crippen molar-refractivity contribution in [2.24, 2.45) is 17.3 Å². The quantitative estimate of drug-likeness (QED) is 0.319. The Kier molecular flexibility index (Phi) is 7.80. The third-order valence-corrected chi connectivity index (χ3v) is 6.98. The van der Waals surface area contributed by atoms with Gasteiger partial charge in [0.15, 0.2) is 0 Å². The fraction of sp³-hybridized carbons (Fsp3) is 0.500. The van der Waals surface area contributed by atoms with Crippen LogP contribution in [0, 0.1) is 17.3 Å². The van der Waals surface area contributed by atoms with Gasteiger partial charge in [-0.25, -0.2) is 4.98 Å². The van der Waals surface area contributed by atoms with Crippen LogP contribution in [-0.4, -0.2) is 36.1 Å². The molecule has 1 heterocycles. The number of anilines is 2. The van der Waals surface area contributed by atoms with Gasteiger partial charge in [0.2, 0.25) is 5.95 Å². The van der Waals surface area contributed by atoms with Gasteiger partial charge in [-0.15, -0.1) is 13.2 Å². The monoisotopic (exact) mass is 533 g/mol. The van der Waals surface area contributed by atoms with Gasteiger partial charge in [0.25, 0.3) is 0 Å². The van der Waals surface area contributed by atoms with E-state index < -0.39 is 6.36 Å². The lowest BCUT2D eigenvalue weighted by Gasteiger charge is -2.39. The first-order valence-corrected chi connectivity index (χ1v) is 12.6. The Morgan fingerprint density at radius 1 is 1.16 bits per heavy atom. The number of hydrogen-bond donors (Lipinski definition) is 1. The summed E-state index contributed by atoms with van der Waals surface area (Å²) in [6, 6.07) is 9.24. The fourth-order valence-corrected chi connectivity index (χ4v) is 5.84. The third-order valence-electron chi connectivity index (χ3n) is 6.98. The van der Waals surface area contributed by atoms with Gasteiger partial charge >= 0.3 is 12.3 Å². The molecular weight excluding hydrogens is 499 g/mol. The molecule has 4 rings (SSSR count). The van der Waals surface area contributed by atoms with Crippen molar-refractivity contribution in [3.05, 3.63) is 42.0 Å². The van der Waals surface area contributed by atoms with Crippen molar-refractivity contribution >= 4 is 28.6 Å². The molecule has 0 bridgehead atoms. The van der Waals surface area contributed by atoms with E-state index in [0.717, 1.165) is 18.4 Å². The number of rotatable bonds is 8. The Morgan fingerprint density at radius 2 is 1.87 bits per heavy atom. The first-order valence-electron chi connectivity index (χ1n) is 12.6. The third kappa shape index (κ3) is 6.71. The summed E-state index contributed by atoms with van der Waals surface area (Å²) in [4.78, 5) is 16.8. The molecule has 2 atom stereocenters. The van der Waals surface area contributed by atoms with Gasteiger partial charge in [-0.1, -0.05) is 20.8 Å². The minimum atomic E-state index is -4.76. The number of halogens is 3. The highest BCUT2D eigenvalue weighted by Gasteiger charge is 2.33. The van der Waals surface area contributed by atoms with E-state index in [9.17, 15) is 18.0 Å². The van der Waals surface area contributed by atoms with Crippen molar-refractivity contribution in [2.45, 2.75) is 59.4 Å². The molecule has 1 saturated carbocycles. The normalized spacial score (nSPS) is 19.3. The van der Waals surface area contributed by atoms with E-state index in [1.54, 1.807) is 7.11 Å². The van der Waals surface area contributed by atoms with E-state index in [4.69, 9.17) is 14.5 Å². The second-order valence-corrected chi connectivity index (χ2v) is 10.9. The molecule has 1 fully saturated rings. The fourth-order valence-electron chi connectivity index (χ4n) is 5.84. The van der Waals surface area contributed by atoms with E-state index in [0.29, 0.717) is 46.8 Å². The smallest absolute Gasteiger partial charge is 0.496 e. The molecule has 1 aromatic heterocycles. The number of benzene rings is 2. The SMILES string of the molecule is COC(=O)Cc1cc2nc(Nc3ccc(OC(F)(F)F)cc3)n(C[C@@H]3C[C@H](C)CC(C)(C)C3)c2cc1OC. The molecule has 0 aliphatic heterocycles. The summed E-state index contributed by atoms with van der Waals surface area (Å²) in [6.07, 6.45) is -1.38. The number of ether oxygens (including phenoxy) is 3. The van der Waals surface area contributed by atoms with Gasteiger partial charge in [0.1, 0.15) is 11.5 Å². The molecule has 7 nitrogen and oxygen atoms in total. The molecule has 1 aliphatic rings. The zero-order chi connectivity index (χ0) is 27.7. The van der Waals surface area contributed by atoms with Gasteiger partial charge in [-0.3, -0.25) is 4.79 Å². The molecular formula is C28H34F3N3O4. The van der Waals surface area contributed by atoms with E-state index in [1.807, 2.05) is 12.1 Å². The van der Waals surface area contributed by atoms with Crippen molar-refractivity contribution < 1.29 is 32.2 Å². The summed E-state index contributed by atoms with van der Waals surface area (Å²) < 4.78 is 54.2. The first kappa shape index (κ1) is 27.6. The lowest BCUT2D eigenvalue weighted by Crippen LogP contribution is -2.30. The Balaban J connectivity index is 1.72. The Morgan fingerprint density at radius 3 is 2.47 bits per heavy atom. The number of nitrogens with zero attached hydrogens (tertiary/aromatic N) is 2. The maximum atomic E-state index is 12.6. The molecule has 0 radical (unpaired) electrons. The van der Waals surface area contributed by atoms with Gasteiger partial charge < -0.3 is 24.1 Å². The summed E-state index contributed by atoms with van der Waals surface area (Å²) >= 11 is 0. The standard InChI is InChI=1S/C28H34F3N3O4/c1-17-10-18(15-27(2,3)14-17)16-34-23-13-24(36-4)19(12-25(35)37-5)11-22(23)33-26(34)32-20-6-8-21(9-7-20)38-28(29,30)31/h6-9,11,13,17-18H,10,12,14-16H2,1-5H3,(H,32,33)/t17-,18+/m0/s1. The van der Waals surface area contributed by atoms with Gasteiger partial charge in [-0.2, -0.15) is 0 Å². The molecule has 1 aliphatic carbocycles. The van der Waals surface area contributed by atoms with E-state index in [-0.39, 0.29) is 23.6 Å². The number of fused-ring (bicyclic) bond motifs is 1. The van der Waals surface area contributed by atoms with Crippen LogP contribution < -0.4 is 14.8 Å². The van der Waals surface area contributed by atoms with Crippen molar-refractivity contribution in [3.63, 3.8) is 0 Å². The summed E-state index contributed by atoms with van der Waals surface area (Å²) in [6.45, 7) is 7.59. The molecule has 3 aromatic rings. The van der Waals surface area contributed by atoms with Crippen molar-refractivity contribution in [1.82, 2.24) is 9.55 Å². The van der Waals surface area contributed by atoms with Crippen LogP contribution in [0.1, 0.15) is 45.6 Å². The number of aromatic nitrogens is 2. The van der Waals surface area contributed by atoms with Gasteiger partial charge in [0, 0.05) is 23.9 Å². The van der Waals surface area contributed by atoms with Crippen LogP contribution in [0.2, 0.25) is 0 Å². The Hall–Kier alpha value is -3.43. The highest BCUT2D eigenvalue weighted by Crippen LogP contribution is 2.43. The Labute approximate surface area is 220 Å². The zero-order valence-electron chi connectivity index (χ0n) is 22.3. The molecule has 10 heteroatoms. The molecule has 206 valence electrons. The lowest BCUT2D eigenvalue weighted by molar-refractivity contribution is -0.274. The number of carbonyl (C=O) groups is 1. The number of alkyl halides is 3. The minimum Gasteiger partial charge on any atom is -0.496 e. The van der Waals surface area contributed by atoms with Crippen molar-refractivity contribution in [1.29, 1.82) is 0 Å². The molecule has 1 N–H and O–H groups in total. The summed E-state index contributed by atoms with van der Waals surface area (Å²) in [7, 11) is 2.89. The van der Waals surface area contributed by atoms with Crippen LogP contribution >= 0.6 is 0 Å². The first-order chi connectivity index (χ1) is 17.9. The number of imidazole rings is 1. The molecule has 0 saturated heterocycles. The highest BCUT2D eigenvalue weighted by molar-refractivity contribution is 5.84. The van der Waals surface area contributed by atoms with Crippen LogP contribution in [0.25, 0.3) is 11.0 Å². The molecule has 0 unspecified atom stereocenters. The van der Waals surface area contributed by atoms with E-state index in [1.165, 1.54) is 37.8 Å². The average molecular weight is 534 g/mol. The molecule has 38 heavy (non-hydrogen) atoms. The maximum Gasteiger partial charge on any atom is 0.573 e. The molecule has 0 spiro atoms. The predicted octanol–water partition coefficient (Wildman–Crippen LogP) is 6.87. The van der Waals surface area contributed by atoms with Crippen LogP contribution in [0.4, 0.5) is 24.8 Å². The van der Waals surface area contributed by atoms with Gasteiger partial charge in [-0.05, 0) is 66.8 Å². The number of hydrogen-bond acceptors (Lipinski definition) is 6. The second-order valence-electron chi connectivity index (χ2n) is 10.9. The van der Waals surface area contributed by atoms with Crippen LogP contribution in [0.15, 0.2) is 36.4 Å². The van der Waals surface area contributed by atoms with Gasteiger partial charge in [0.05, 0.1) is 31.7 Å².